The van der Waals surface area contributed by atoms with Crippen molar-refractivity contribution in [1.29, 1.82) is 0 Å². The van der Waals surface area contributed by atoms with Gasteiger partial charge in [0.1, 0.15) is 16.7 Å². The van der Waals surface area contributed by atoms with Crippen molar-refractivity contribution in [2.24, 2.45) is 17.8 Å². The normalized spacial score (nSPS) is 15.8. The molecule has 0 fully saturated rings. The predicted octanol–water partition coefficient (Wildman–Crippen LogP) is 4.55. The summed E-state index contributed by atoms with van der Waals surface area (Å²) in [5.74, 6) is -3.29. The summed E-state index contributed by atoms with van der Waals surface area (Å²) < 4.78 is 5.73. The van der Waals surface area contributed by atoms with Gasteiger partial charge >= 0.3 is 11.9 Å². The van der Waals surface area contributed by atoms with Crippen LogP contribution in [0.2, 0.25) is 0 Å². The minimum atomic E-state index is -0.948. The van der Waals surface area contributed by atoms with Crippen molar-refractivity contribution in [3.05, 3.63) is 52.0 Å². The molecule has 49 heavy (non-hydrogen) atoms. The Hall–Kier alpha value is -3.84. The Kier molecular flexibility index (Phi) is 16.3. The first-order chi connectivity index (χ1) is 23.0. The summed E-state index contributed by atoms with van der Waals surface area (Å²) in [6.07, 6.45) is 0.722. The summed E-state index contributed by atoms with van der Waals surface area (Å²) in [6, 6.07) is 7.47. The first kappa shape index (κ1) is 41.3. The molecule has 3 amide bonds. The second-order valence-corrected chi connectivity index (χ2v) is 14.4. The Balaban J connectivity index is 2.32. The zero-order valence-electron chi connectivity index (χ0n) is 30.6. The van der Waals surface area contributed by atoms with E-state index in [2.05, 4.69) is 15.6 Å². The summed E-state index contributed by atoms with van der Waals surface area (Å²) in [4.78, 5) is 72.2. The van der Waals surface area contributed by atoms with Crippen LogP contribution in [-0.4, -0.2) is 94.9 Å². The summed E-state index contributed by atoms with van der Waals surface area (Å²) in [6.45, 7) is 12.5. The number of ether oxygens (including phenoxy) is 1. The van der Waals surface area contributed by atoms with E-state index in [1.54, 1.807) is 50.2 Å². The zero-order valence-corrected chi connectivity index (χ0v) is 31.4. The third-order valence-corrected chi connectivity index (χ3v) is 10.00. The number of esters is 1. The molecule has 0 spiro atoms. The number of carboxylic acids is 1. The number of aliphatic carboxylic acids is 1. The third kappa shape index (κ3) is 12.5. The zero-order chi connectivity index (χ0) is 37.0. The molecule has 7 atom stereocenters. The van der Waals surface area contributed by atoms with Gasteiger partial charge in [0.2, 0.25) is 11.8 Å². The number of benzene rings is 1. The molecule has 12 nitrogen and oxygen atoms in total. The van der Waals surface area contributed by atoms with Crippen LogP contribution in [0.5, 0.6) is 0 Å². The Morgan fingerprint density at radius 2 is 1.59 bits per heavy atom. The van der Waals surface area contributed by atoms with E-state index < -0.39 is 54.0 Å². The van der Waals surface area contributed by atoms with Crippen LogP contribution in [-0.2, 0) is 30.3 Å². The van der Waals surface area contributed by atoms with Crippen LogP contribution in [0.25, 0.3) is 0 Å². The topological polar surface area (TPSA) is 158 Å². The van der Waals surface area contributed by atoms with Gasteiger partial charge in [-0.25, -0.2) is 4.98 Å². The van der Waals surface area contributed by atoms with Gasteiger partial charge in [-0.05, 0) is 51.3 Å². The van der Waals surface area contributed by atoms with Crippen molar-refractivity contribution in [1.82, 2.24) is 25.4 Å². The summed E-state index contributed by atoms with van der Waals surface area (Å²) >= 11 is 1.17. The predicted molar refractivity (Wildman–Crippen MR) is 190 cm³/mol. The van der Waals surface area contributed by atoms with Crippen molar-refractivity contribution in [2.45, 2.75) is 104 Å². The van der Waals surface area contributed by atoms with E-state index in [0.717, 1.165) is 5.56 Å². The number of carbonyl (C=O) groups excluding carboxylic acids is 4. The highest BCUT2D eigenvalue weighted by atomic mass is 32.1. The number of thiazole rings is 1. The van der Waals surface area contributed by atoms with Crippen LogP contribution < -0.4 is 10.6 Å². The molecule has 272 valence electrons. The van der Waals surface area contributed by atoms with Gasteiger partial charge in [0.15, 0.2) is 6.10 Å². The van der Waals surface area contributed by atoms with Crippen LogP contribution >= 0.6 is 11.3 Å². The second kappa shape index (κ2) is 19.4. The molecule has 1 aromatic carbocycles. The molecule has 0 saturated heterocycles. The summed E-state index contributed by atoms with van der Waals surface area (Å²) in [5.41, 5.74) is 1.08. The van der Waals surface area contributed by atoms with Gasteiger partial charge in [0.05, 0.1) is 12.0 Å². The highest BCUT2D eigenvalue weighted by Gasteiger charge is 2.36. The number of carboxylic acid groups (broad SMARTS) is 1. The van der Waals surface area contributed by atoms with Crippen molar-refractivity contribution < 1.29 is 33.8 Å². The molecule has 0 saturated carbocycles. The van der Waals surface area contributed by atoms with Crippen molar-refractivity contribution in [3.63, 3.8) is 0 Å². The minimum Gasteiger partial charge on any atom is -0.481 e. The molecule has 0 unspecified atom stereocenters. The molecule has 0 aliphatic carbocycles. The average Bonchev–Trinajstić information content (AvgIpc) is 3.54. The third-order valence-electron chi connectivity index (χ3n) is 9.06. The maximum atomic E-state index is 14.0. The van der Waals surface area contributed by atoms with E-state index in [-0.39, 0.29) is 42.2 Å². The van der Waals surface area contributed by atoms with Crippen LogP contribution in [0, 0.1) is 17.8 Å². The lowest BCUT2D eigenvalue weighted by Gasteiger charge is -2.37. The van der Waals surface area contributed by atoms with Crippen molar-refractivity contribution >= 4 is 41.0 Å². The van der Waals surface area contributed by atoms with Gasteiger partial charge in [-0.1, -0.05) is 71.4 Å². The molecule has 3 N–H and O–H groups in total. The van der Waals surface area contributed by atoms with Gasteiger partial charge in [-0.15, -0.1) is 11.3 Å². The number of nitrogens with one attached hydrogen (secondary N) is 2. The van der Waals surface area contributed by atoms with Crippen molar-refractivity contribution in [3.8, 4) is 0 Å². The lowest BCUT2D eigenvalue weighted by molar-refractivity contribution is -0.149. The van der Waals surface area contributed by atoms with E-state index in [4.69, 9.17) is 4.74 Å². The summed E-state index contributed by atoms with van der Waals surface area (Å²) in [5, 5.41) is 17.4. The van der Waals surface area contributed by atoms with Crippen molar-refractivity contribution in [2.75, 3.05) is 21.1 Å². The molecule has 2 rings (SSSR count). The Morgan fingerprint density at radius 3 is 2.12 bits per heavy atom. The van der Waals surface area contributed by atoms with E-state index in [9.17, 15) is 29.1 Å². The fourth-order valence-electron chi connectivity index (χ4n) is 5.49. The smallest absolute Gasteiger partial charge is 0.306 e. The largest absolute Gasteiger partial charge is 0.481 e. The SMILES string of the molecule is CC[C@H](C)[C@H](NC(=O)[C@@H](C)N(C)C)C(=O)N(C)[C@H](C[C@@H](OC(C)=O)c1nc(C(=O)N[C@@H](Cc2ccccc2)C[C@H](C)C(=O)O)cs1)C(C)C. The molecule has 1 heterocycles. The number of rotatable bonds is 19. The average molecular weight is 702 g/mol. The number of carbonyl (C=O) groups is 5. The Labute approximate surface area is 295 Å². The van der Waals surface area contributed by atoms with Crippen LogP contribution in [0.1, 0.15) is 94.9 Å². The second-order valence-electron chi connectivity index (χ2n) is 13.5. The molecule has 0 bridgehead atoms. The first-order valence-electron chi connectivity index (χ1n) is 16.9. The van der Waals surface area contributed by atoms with Crippen LogP contribution in [0.3, 0.4) is 0 Å². The first-order valence-corrected chi connectivity index (χ1v) is 17.8. The number of aromatic nitrogens is 1. The quantitative estimate of drug-likeness (QED) is 0.179. The number of amides is 3. The molecule has 0 aliphatic heterocycles. The van der Waals surface area contributed by atoms with Gasteiger partial charge in [0.25, 0.3) is 5.91 Å². The van der Waals surface area contributed by atoms with E-state index >= 15 is 0 Å². The van der Waals surface area contributed by atoms with E-state index in [1.165, 1.54) is 18.3 Å². The molecule has 13 heteroatoms. The van der Waals surface area contributed by atoms with Gasteiger partial charge in [-0.2, -0.15) is 0 Å². The number of nitrogens with zero attached hydrogens (tertiary/aromatic N) is 3. The molecule has 0 aliphatic rings. The Bertz CT molecular complexity index is 1400. The highest BCUT2D eigenvalue weighted by Crippen LogP contribution is 2.31. The standard InChI is InChI=1S/C36H55N5O7S/c1-11-22(4)31(39-32(43)24(6)40(8)9)35(45)41(10)29(21(2)3)19-30(48-25(7)42)34-38-28(20-49-34)33(44)37-27(17-23(5)36(46)47)18-26-15-13-12-14-16-26/h12-16,20-24,27,29-31H,11,17-19H2,1-10H3,(H,37,44)(H,39,43)(H,46,47)/t22-,23-,24+,27+,29+,30+,31-/m0/s1. The number of hydrogen-bond acceptors (Lipinski definition) is 9. The van der Waals surface area contributed by atoms with Crippen LogP contribution in [0.4, 0.5) is 0 Å². The molecular formula is C36H55N5O7S. The minimum absolute atomic E-state index is 0.0568. The fourth-order valence-corrected chi connectivity index (χ4v) is 6.33. The molecular weight excluding hydrogens is 646 g/mol. The maximum Gasteiger partial charge on any atom is 0.306 e. The Morgan fingerprint density at radius 1 is 0.959 bits per heavy atom. The van der Waals surface area contributed by atoms with Gasteiger partial charge < -0.3 is 25.4 Å². The lowest BCUT2D eigenvalue weighted by atomic mass is 9.93. The number of hydrogen-bond donors (Lipinski definition) is 3. The van der Waals surface area contributed by atoms with Crippen LogP contribution in [0.15, 0.2) is 35.7 Å². The molecule has 2 aromatic rings. The van der Waals surface area contributed by atoms with E-state index in [0.29, 0.717) is 17.8 Å². The van der Waals surface area contributed by atoms with E-state index in [1.807, 2.05) is 58.0 Å². The monoisotopic (exact) mass is 701 g/mol. The maximum absolute atomic E-state index is 14.0. The van der Waals surface area contributed by atoms with Gasteiger partial charge in [-0.3, -0.25) is 28.9 Å². The number of likely N-dealkylation sites (N-methyl/N-ethyl adjacent to an activating group) is 2. The molecule has 0 radical (unpaired) electrons. The lowest BCUT2D eigenvalue weighted by Crippen LogP contribution is -2.56. The highest BCUT2D eigenvalue weighted by molar-refractivity contribution is 7.09. The van der Waals surface area contributed by atoms with Gasteiger partial charge in [0, 0.05) is 37.9 Å². The molecule has 1 aromatic heterocycles. The summed E-state index contributed by atoms with van der Waals surface area (Å²) in [7, 11) is 5.30. The fraction of sp³-hybridized carbons (Fsp3) is 0.611.